The normalized spacial score (nSPS) is 10.6. The summed E-state index contributed by atoms with van der Waals surface area (Å²) in [6.07, 6.45) is 1.45. The lowest BCUT2D eigenvalue weighted by atomic mass is 10.1. The predicted octanol–water partition coefficient (Wildman–Crippen LogP) is 6.95. The zero-order valence-corrected chi connectivity index (χ0v) is 20.9. The molecule has 35 heavy (non-hydrogen) atoms. The van der Waals surface area contributed by atoms with E-state index in [9.17, 15) is 9.59 Å². The van der Waals surface area contributed by atoms with E-state index in [1.165, 1.54) is 11.3 Å². The highest BCUT2D eigenvalue weighted by Crippen LogP contribution is 2.31. The second-order valence-electron chi connectivity index (χ2n) is 7.98. The number of benzene rings is 3. The van der Waals surface area contributed by atoms with Crippen LogP contribution in [0.5, 0.6) is 11.5 Å². The number of halogens is 1. The molecule has 1 aromatic heterocycles. The number of hydrogen-bond donors (Lipinski definition) is 1. The van der Waals surface area contributed by atoms with Crippen LogP contribution in [0.2, 0.25) is 5.02 Å². The van der Waals surface area contributed by atoms with Crippen LogP contribution in [0.4, 0.5) is 5.00 Å². The van der Waals surface area contributed by atoms with Gasteiger partial charge in [0.1, 0.15) is 23.1 Å². The first-order valence-corrected chi connectivity index (χ1v) is 12.2. The quantitative estimate of drug-likeness (QED) is 0.250. The second-order valence-corrected chi connectivity index (χ2v) is 9.52. The van der Waals surface area contributed by atoms with E-state index in [-0.39, 0.29) is 12.5 Å². The number of thiophene rings is 1. The molecule has 4 rings (SSSR count). The van der Waals surface area contributed by atoms with E-state index in [1.807, 2.05) is 61.5 Å². The molecule has 0 aliphatic heterocycles. The number of hydrogen-bond acceptors (Lipinski definition) is 5. The molecule has 178 valence electrons. The van der Waals surface area contributed by atoms with Gasteiger partial charge >= 0.3 is 0 Å². The van der Waals surface area contributed by atoms with Gasteiger partial charge in [0, 0.05) is 28.0 Å². The maximum Gasteiger partial charge on any atom is 0.256 e. The molecule has 0 aliphatic carbocycles. The van der Waals surface area contributed by atoms with Crippen LogP contribution in [0, 0.1) is 6.92 Å². The molecule has 0 aliphatic rings. The van der Waals surface area contributed by atoms with Gasteiger partial charge in [0.2, 0.25) is 0 Å². The summed E-state index contributed by atoms with van der Waals surface area (Å²) in [7, 11) is 1.56. The van der Waals surface area contributed by atoms with Crippen molar-refractivity contribution in [1.29, 1.82) is 0 Å². The van der Waals surface area contributed by atoms with Crippen molar-refractivity contribution >= 4 is 40.1 Å². The van der Waals surface area contributed by atoms with Gasteiger partial charge in [-0.2, -0.15) is 0 Å². The standard InChI is InChI=1S/C28H24ClNO4S/c1-18-8-10-26(24(29)12-18)34-17-22-14-20(9-11-25(22)33-2)27(32)30-28-21(16-31)15-23(35-28)13-19-6-4-3-5-7-19/h3-12,14-16H,13,17H2,1-2H3,(H,30,32). The molecule has 5 nitrogen and oxygen atoms in total. The Morgan fingerprint density at radius 3 is 2.51 bits per heavy atom. The lowest BCUT2D eigenvalue weighted by Crippen LogP contribution is -2.13. The average molecular weight is 506 g/mol. The first-order chi connectivity index (χ1) is 17.0. The van der Waals surface area contributed by atoms with Gasteiger partial charge in [0.15, 0.2) is 6.29 Å². The smallest absolute Gasteiger partial charge is 0.256 e. The van der Waals surface area contributed by atoms with E-state index in [2.05, 4.69) is 5.32 Å². The highest BCUT2D eigenvalue weighted by Gasteiger charge is 2.16. The first-order valence-electron chi connectivity index (χ1n) is 11.0. The molecule has 0 saturated heterocycles. The van der Waals surface area contributed by atoms with E-state index < -0.39 is 0 Å². The summed E-state index contributed by atoms with van der Waals surface area (Å²) in [5.74, 6) is 0.826. The Hall–Kier alpha value is -3.61. The van der Waals surface area contributed by atoms with Crippen LogP contribution in [-0.4, -0.2) is 19.3 Å². The van der Waals surface area contributed by atoms with E-state index in [0.29, 0.717) is 44.6 Å². The fourth-order valence-corrected chi connectivity index (χ4v) is 4.96. The van der Waals surface area contributed by atoms with Crippen LogP contribution in [0.25, 0.3) is 0 Å². The minimum atomic E-state index is -0.321. The van der Waals surface area contributed by atoms with Gasteiger partial charge in [-0.25, -0.2) is 0 Å². The lowest BCUT2D eigenvalue weighted by molar-refractivity contribution is 0.102. The summed E-state index contributed by atoms with van der Waals surface area (Å²) in [6.45, 7) is 2.13. The largest absolute Gasteiger partial charge is 0.496 e. The van der Waals surface area contributed by atoms with Gasteiger partial charge in [-0.3, -0.25) is 9.59 Å². The fraction of sp³-hybridized carbons (Fsp3) is 0.143. The zero-order chi connectivity index (χ0) is 24.8. The Morgan fingerprint density at radius 2 is 1.80 bits per heavy atom. The molecule has 0 unspecified atom stereocenters. The molecular formula is C28H24ClNO4S. The number of anilines is 1. The number of carbonyl (C=O) groups is 2. The number of rotatable bonds is 9. The van der Waals surface area contributed by atoms with Crippen molar-refractivity contribution in [2.24, 2.45) is 0 Å². The molecule has 0 radical (unpaired) electrons. The third-order valence-corrected chi connectivity index (χ3v) is 6.76. The lowest BCUT2D eigenvalue weighted by Gasteiger charge is -2.13. The van der Waals surface area contributed by atoms with Crippen molar-refractivity contribution in [3.63, 3.8) is 0 Å². The average Bonchev–Trinajstić information content (AvgIpc) is 3.24. The molecule has 1 heterocycles. The molecule has 0 bridgehead atoms. The molecule has 7 heteroatoms. The van der Waals surface area contributed by atoms with Crippen LogP contribution in [0.15, 0.2) is 72.8 Å². The molecule has 1 amide bonds. The van der Waals surface area contributed by atoms with Gasteiger partial charge in [0.05, 0.1) is 12.1 Å². The summed E-state index contributed by atoms with van der Waals surface area (Å²) in [5, 5.41) is 3.92. The SMILES string of the molecule is COc1ccc(C(=O)Nc2sc(Cc3ccccc3)cc2C=O)cc1COc1ccc(C)cc1Cl. The molecule has 4 aromatic rings. The van der Waals surface area contributed by atoms with Crippen molar-refractivity contribution < 1.29 is 19.1 Å². The van der Waals surface area contributed by atoms with Gasteiger partial charge in [0.25, 0.3) is 5.91 Å². The number of amides is 1. The minimum absolute atomic E-state index is 0.173. The highest BCUT2D eigenvalue weighted by atomic mass is 35.5. The molecule has 3 aromatic carbocycles. The number of ether oxygens (including phenoxy) is 2. The minimum Gasteiger partial charge on any atom is -0.496 e. The third kappa shape index (κ3) is 6.10. The maximum absolute atomic E-state index is 13.0. The monoisotopic (exact) mass is 505 g/mol. The van der Waals surface area contributed by atoms with E-state index >= 15 is 0 Å². The van der Waals surface area contributed by atoms with Gasteiger partial charge in [-0.1, -0.05) is 48.0 Å². The van der Waals surface area contributed by atoms with Crippen molar-refractivity contribution in [3.8, 4) is 11.5 Å². The summed E-state index contributed by atoms with van der Waals surface area (Å²) in [5.41, 5.74) is 3.75. The topological polar surface area (TPSA) is 64.6 Å². The Bertz CT molecular complexity index is 1350. The van der Waals surface area contributed by atoms with Crippen LogP contribution < -0.4 is 14.8 Å². The Balaban J connectivity index is 1.51. The van der Waals surface area contributed by atoms with Crippen molar-refractivity contribution in [2.45, 2.75) is 20.0 Å². The molecule has 0 saturated carbocycles. The summed E-state index contributed by atoms with van der Waals surface area (Å²) < 4.78 is 11.3. The predicted molar refractivity (Wildman–Crippen MR) is 140 cm³/mol. The van der Waals surface area contributed by atoms with Gasteiger partial charge in [-0.15, -0.1) is 11.3 Å². The molecule has 1 N–H and O–H groups in total. The first kappa shape index (κ1) is 24.5. The van der Waals surface area contributed by atoms with Crippen LogP contribution in [0.3, 0.4) is 0 Å². The number of methoxy groups -OCH3 is 1. The fourth-order valence-electron chi connectivity index (χ4n) is 3.61. The number of aldehydes is 1. The van der Waals surface area contributed by atoms with Crippen LogP contribution >= 0.6 is 22.9 Å². The maximum atomic E-state index is 13.0. The molecule has 0 spiro atoms. The Morgan fingerprint density at radius 1 is 1.03 bits per heavy atom. The highest BCUT2D eigenvalue weighted by molar-refractivity contribution is 7.16. The van der Waals surface area contributed by atoms with E-state index in [4.69, 9.17) is 21.1 Å². The zero-order valence-electron chi connectivity index (χ0n) is 19.3. The molecule has 0 fully saturated rings. The molecule has 0 atom stereocenters. The van der Waals surface area contributed by atoms with Crippen molar-refractivity contribution in [1.82, 2.24) is 0 Å². The Kier molecular flexibility index (Phi) is 7.85. The summed E-state index contributed by atoms with van der Waals surface area (Å²) >= 11 is 7.67. The second kappa shape index (κ2) is 11.2. The number of aryl methyl sites for hydroxylation is 1. The molecular weight excluding hydrogens is 482 g/mol. The van der Waals surface area contributed by atoms with Gasteiger partial charge < -0.3 is 14.8 Å². The van der Waals surface area contributed by atoms with Crippen LogP contribution in [-0.2, 0) is 13.0 Å². The van der Waals surface area contributed by atoms with E-state index in [1.54, 1.807) is 25.3 Å². The Labute approximate surface area is 213 Å². The number of nitrogens with one attached hydrogen (secondary N) is 1. The summed E-state index contributed by atoms with van der Waals surface area (Å²) in [4.78, 5) is 25.7. The van der Waals surface area contributed by atoms with Gasteiger partial charge in [-0.05, 0) is 54.4 Å². The van der Waals surface area contributed by atoms with Crippen LogP contribution in [0.1, 0.15) is 42.3 Å². The summed E-state index contributed by atoms with van der Waals surface area (Å²) in [6, 6.07) is 22.5. The van der Waals surface area contributed by atoms with Crippen molar-refractivity contribution in [3.05, 3.63) is 111 Å². The third-order valence-electron chi connectivity index (χ3n) is 5.40. The number of carbonyl (C=O) groups excluding carboxylic acids is 2. The van der Waals surface area contributed by atoms with E-state index in [0.717, 1.165) is 22.3 Å². The van der Waals surface area contributed by atoms with Crippen molar-refractivity contribution in [2.75, 3.05) is 12.4 Å².